The van der Waals surface area contributed by atoms with E-state index in [-0.39, 0.29) is 17.7 Å². The number of carbonyl (C=O) groups is 2. The molecule has 1 aromatic carbocycles. The Morgan fingerprint density at radius 1 is 1.20 bits per heavy atom. The zero-order chi connectivity index (χ0) is 19.4. The number of rotatable bonds is 7. The van der Waals surface area contributed by atoms with E-state index in [9.17, 15) is 14.7 Å². The van der Waals surface area contributed by atoms with Gasteiger partial charge < -0.3 is 19.3 Å². The van der Waals surface area contributed by atoms with Crippen LogP contribution in [0.5, 0.6) is 11.5 Å². The van der Waals surface area contributed by atoms with Crippen molar-refractivity contribution in [1.29, 1.82) is 0 Å². The molecule has 0 aliphatic carbocycles. The Kier molecular flexibility index (Phi) is 6.42. The molecule has 0 amide bonds. The smallest absolute Gasteiger partial charge is 0.339 e. The summed E-state index contributed by atoms with van der Waals surface area (Å²) in [6, 6.07) is 4.35. The van der Waals surface area contributed by atoms with Crippen molar-refractivity contribution in [3.8, 4) is 11.5 Å². The molecular weight excluding hydrogens is 326 g/mol. The van der Waals surface area contributed by atoms with Crippen LogP contribution in [0, 0.1) is 5.41 Å². The van der Waals surface area contributed by atoms with Gasteiger partial charge in [0.05, 0.1) is 13.5 Å². The van der Waals surface area contributed by atoms with Crippen LogP contribution in [-0.2, 0) is 9.53 Å². The van der Waals surface area contributed by atoms with Gasteiger partial charge in [0.1, 0.15) is 22.7 Å². The van der Waals surface area contributed by atoms with Crippen molar-refractivity contribution in [2.45, 2.75) is 52.9 Å². The van der Waals surface area contributed by atoms with E-state index in [4.69, 9.17) is 19.9 Å². The number of ether oxygens (including phenoxy) is 3. The lowest BCUT2D eigenvalue weighted by molar-refractivity contribution is -0.158. The van der Waals surface area contributed by atoms with Crippen LogP contribution >= 0.6 is 0 Å². The molecule has 0 aromatic heterocycles. The molecule has 0 aliphatic rings. The first-order chi connectivity index (χ1) is 11.4. The Morgan fingerprint density at radius 3 is 2.28 bits per heavy atom. The van der Waals surface area contributed by atoms with Crippen molar-refractivity contribution < 1.29 is 28.9 Å². The van der Waals surface area contributed by atoms with Crippen LogP contribution in [0.2, 0.25) is 0 Å². The number of nitrogens with two attached hydrogens (primary N) is 1. The second-order valence-corrected chi connectivity index (χ2v) is 7.46. The average molecular weight is 353 g/mol. The largest absolute Gasteiger partial charge is 0.497 e. The second-order valence-electron chi connectivity index (χ2n) is 7.46. The summed E-state index contributed by atoms with van der Waals surface area (Å²) in [7, 11) is 1.46. The molecule has 1 aromatic rings. The van der Waals surface area contributed by atoms with Gasteiger partial charge in [-0.25, -0.2) is 4.79 Å². The van der Waals surface area contributed by atoms with Crippen LogP contribution in [0.4, 0.5) is 0 Å². The normalized spacial score (nSPS) is 13.1. The van der Waals surface area contributed by atoms with Gasteiger partial charge in [-0.1, -0.05) is 13.8 Å². The van der Waals surface area contributed by atoms with E-state index in [0.29, 0.717) is 5.75 Å². The molecule has 0 saturated heterocycles. The van der Waals surface area contributed by atoms with Crippen molar-refractivity contribution in [3.63, 3.8) is 0 Å². The van der Waals surface area contributed by atoms with E-state index in [1.54, 1.807) is 34.6 Å². The molecule has 0 heterocycles. The number of carbonyl (C=O) groups excluding carboxylic acids is 1. The number of esters is 1. The van der Waals surface area contributed by atoms with Crippen LogP contribution in [-0.4, -0.2) is 36.0 Å². The molecule has 0 saturated carbocycles. The summed E-state index contributed by atoms with van der Waals surface area (Å²) in [5.41, 5.74) is 4.68. The Balaban J connectivity index is 2.94. The summed E-state index contributed by atoms with van der Waals surface area (Å²) in [4.78, 5) is 23.4. The third-order valence-corrected chi connectivity index (χ3v) is 3.46. The monoisotopic (exact) mass is 353 g/mol. The Bertz CT molecular complexity index is 633. The lowest BCUT2D eigenvalue weighted by atomic mass is 9.87. The molecule has 0 aliphatic heterocycles. The summed E-state index contributed by atoms with van der Waals surface area (Å²) in [5, 5.41) is 9.28. The van der Waals surface area contributed by atoms with Crippen LogP contribution in [0.3, 0.4) is 0 Å². The SMILES string of the molecule is COc1ccc(C(=O)O)c(OC(N)C(C)(C)CC(=O)OC(C)(C)C)c1. The fourth-order valence-corrected chi connectivity index (χ4v) is 2.05. The standard InChI is InChI=1S/C18H27NO6/c1-17(2,3)25-14(20)10-18(4,5)16(19)24-13-9-11(23-6)7-8-12(13)15(21)22/h7-9,16H,10,19H2,1-6H3,(H,21,22). The molecule has 25 heavy (non-hydrogen) atoms. The van der Waals surface area contributed by atoms with Crippen molar-refractivity contribution in [2.24, 2.45) is 11.1 Å². The Morgan fingerprint density at radius 2 is 1.80 bits per heavy atom. The fraction of sp³-hybridized carbons (Fsp3) is 0.556. The van der Waals surface area contributed by atoms with E-state index in [2.05, 4.69) is 0 Å². The molecule has 3 N–H and O–H groups in total. The summed E-state index contributed by atoms with van der Waals surface area (Å²) >= 11 is 0. The van der Waals surface area contributed by atoms with Gasteiger partial charge in [0, 0.05) is 11.5 Å². The van der Waals surface area contributed by atoms with Crippen molar-refractivity contribution >= 4 is 11.9 Å². The highest BCUT2D eigenvalue weighted by Gasteiger charge is 2.34. The molecular formula is C18H27NO6. The predicted molar refractivity (Wildman–Crippen MR) is 92.8 cm³/mol. The van der Waals surface area contributed by atoms with Gasteiger partial charge in [0.15, 0.2) is 6.23 Å². The topological polar surface area (TPSA) is 108 Å². The highest BCUT2D eigenvalue weighted by atomic mass is 16.6. The number of carboxylic acid groups (broad SMARTS) is 1. The molecule has 0 radical (unpaired) electrons. The third kappa shape index (κ3) is 6.26. The minimum absolute atomic E-state index is 0.0256. The first-order valence-corrected chi connectivity index (χ1v) is 7.91. The highest BCUT2D eigenvalue weighted by Crippen LogP contribution is 2.31. The van der Waals surface area contributed by atoms with Crippen molar-refractivity contribution in [2.75, 3.05) is 7.11 Å². The molecule has 1 unspecified atom stereocenters. The second kappa shape index (κ2) is 7.74. The van der Waals surface area contributed by atoms with E-state index in [1.165, 1.54) is 25.3 Å². The van der Waals surface area contributed by atoms with E-state index >= 15 is 0 Å². The van der Waals surface area contributed by atoms with Crippen LogP contribution in [0.1, 0.15) is 51.4 Å². The fourth-order valence-electron chi connectivity index (χ4n) is 2.05. The van der Waals surface area contributed by atoms with Crippen molar-refractivity contribution in [1.82, 2.24) is 0 Å². The van der Waals surface area contributed by atoms with E-state index in [0.717, 1.165) is 0 Å². The number of aromatic carboxylic acids is 1. The van der Waals surface area contributed by atoms with Crippen molar-refractivity contribution in [3.05, 3.63) is 23.8 Å². The maximum Gasteiger partial charge on any atom is 0.339 e. The molecule has 0 spiro atoms. The molecule has 0 bridgehead atoms. The van der Waals surface area contributed by atoms with E-state index in [1.807, 2.05) is 0 Å². The van der Waals surface area contributed by atoms with Gasteiger partial charge in [-0.05, 0) is 32.9 Å². The number of benzene rings is 1. The number of carboxylic acids is 1. The lowest BCUT2D eigenvalue weighted by Crippen LogP contribution is -2.44. The predicted octanol–water partition coefficient (Wildman–Crippen LogP) is 2.82. The van der Waals surface area contributed by atoms with Gasteiger partial charge in [-0.15, -0.1) is 0 Å². The van der Waals surface area contributed by atoms with Crippen LogP contribution in [0.25, 0.3) is 0 Å². The van der Waals surface area contributed by atoms with Gasteiger partial charge in [-0.3, -0.25) is 10.5 Å². The summed E-state index contributed by atoms with van der Waals surface area (Å²) < 4.78 is 16.1. The van der Waals surface area contributed by atoms with E-state index < -0.39 is 29.2 Å². The zero-order valence-electron chi connectivity index (χ0n) is 15.6. The third-order valence-electron chi connectivity index (χ3n) is 3.46. The maximum atomic E-state index is 12.1. The molecule has 0 fully saturated rings. The molecule has 1 rings (SSSR count). The van der Waals surface area contributed by atoms with Crippen LogP contribution in [0.15, 0.2) is 18.2 Å². The van der Waals surface area contributed by atoms with Gasteiger partial charge >= 0.3 is 11.9 Å². The maximum absolute atomic E-state index is 12.1. The molecule has 7 nitrogen and oxygen atoms in total. The zero-order valence-corrected chi connectivity index (χ0v) is 15.6. The molecule has 1 atom stereocenters. The lowest BCUT2D eigenvalue weighted by Gasteiger charge is -2.32. The highest BCUT2D eigenvalue weighted by molar-refractivity contribution is 5.91. The summed E-state index contributed by atoms with van der Waals surface area (Å²) in [5.74, 6) is -1.02. The van der Waals surface area contributed by atoms with Gasteiger partial charge in [-0.2, -0.15) is 0 Å². The average Bonchev–Trinajstić information content (AvgIpc) is 2.43. The summed E-state index contributed by atoms with van der Waals surface area (Å²) in [6.45, 7) is 8.85. The molecule has 140 valence electrons. The first kappa shape index (κ1) is 20.8. The van der Waals surface area contributed by atoms with Crippen LogP contribution < -0.4 is 15.2 Å². The Labute approximate surface area is 148 Å². The Hall–Kier alpha value is -2.28. The molecule has 7 heteroatoms. The quantitative estimate of drug-likeness (QED) is 0.573. The van der Waals surface area contributed by atoms with Gasteiger partial charge in [0.2, 0.25) is 0 Å². The number of methoxy groups -OCH3 is 1. The minimum atomic E-state index is -1.14. The number of hydrogen-bond donors (Lipinski definition) is 2. The summed E-state index contributed by atoms with van der Waals surface area (Å²) in [6.07, 6.45) is -0.900. The number of hydrogen-bond acceptors (Lipinski definition) is 6. The first-order valence-electron chi connectivity index (χ1n) is 7.91. The van der Waals surface area contributed by atoms with Gasteiger partial charge in [0.25, 0.3) is 0 Å². The minimum Gasteiger partial charge on any atom is -0.497 e.